The van der Waals surface area contributed by atoms with Crippen molar-refractivity contribution in [2.24, 2.45) is 0 Å². The summed E-state index contributed by atoms with van der Waals surface area (Å²) in [6.45, 7) is 10.3. The van der Waals surface area contributed by atoms with Gasteiger partial charge in [-0.2, -0.15) is 5.10 Å². The first-order valence-electron chi connectivity index (χ1n) is 9.62. The highest BCUT2D eigenvalue weighted by atomic mass is 15.3. The van der Waals surface area contributed by atoms with Crippen LogP contribution in [0.4, 0.5) is 0 Å². The maximum Gasteiger partial charge on any atom is 0.155 e. The number of aromatic nitrogens is 6. The lowest BCUT2D eigenvalue weighted by atomic mass is 10.1. The van der Waals surface area contributed by atoms with Crippen molar-refractivity contribution >= 4 is 5.65 Å². The van der Waals surface area contributed by atoms with Crippen LogP contribution in [0.3, 0.4) is 0 Å². The number of nitrogens with one attached hydrogen (secondary N) is 1. The molecule has 7 nitrogen and oxygen atoms in total. The van der Waals surface area contributed by atoms with Crippen molar-refractivity contribution in [2.75, 3.05) is 6.54 Å². The van der Waals surface area contributed by atoms with Crippen LogP contribution in [0, 0.1) is 6.92 Å². The summed E-state index contributed by atoms with van der Waals surface area (Å²) >= 11 is 0. The lowest BCUT2D eigenvalue weighted by molar-refractivity contribution is 0.220. The number of H-pyrrole nitrogens is 1. The van der Waals surface area contributed by atoms with E-state index in [4.69, 9.17) is 9.97 Å². The third kappa shape index (κ3) is 3.53. The van der Waals surface area contributed by atoms with E-state index in [0.717, 1.165) is 52.9 Å². The van der Waals surface area contributed by atoms with E-state index in [0.29, 0.717) is 6.04 Å². The van der Waals surface area contributed by atoms with Crippen LogP contribution in [-0.4, -0.2) is 47.0 Å². The van der Waals surface area contributed by atoms with E-state index < -0.39 is 0 Å². The van der Waals surface area contributed by atoms with Gasteiger partial charge in [-0.3, -0.25) is 9.88 Å². The number of hydrogen-bond donors (Lipinski definition) is 1. The van der Waals surface area contributed by atoms with Gasteiger partial charge >= 0.3 is 0 Å². The van der Waals surface area contributed by atoms with Crippen LogP contribution >= 0.6 is 0 Å². The van der Waals surface area contributed by atoms with Crippen LogP contribution < -0.4 is 0 Å². The van der Waals surface area contributed by atoms with Gasteiger partial charge in [-0.05, 0) is 51.6 Å². The predicted molar refractivity (Wildman–Crippen MR) is 110 cm³/mol. The van der Waals surface area contributed by atoms with E-state index in [-0.39, 0.29) is 0 Å². The molecule has 0 aromatic carbocycles. The monoisotopic (exact) mass is 375 g/mol. The summed E-state index contributed by atoms with van der Waals surface area (Å²) in [5, 5.41) is 4.26. The molecule has 0 fully saturated rings. The van der Waals surface area contributed by atoms with E-state index >= 15 is 0 Å². The zero-order chi connectivity index (χ0) is 19.7. The molecule has 0 radical (unpaired) electrons. The average Bonchev–Trinajstić information content (AvgIpc) is 3.32. The summed E-state index contributed by atoms with van der Waals surface area (Å²) in [5.74, 6) is 0.933. The zero-order valence-corrected chi connectivity index (χ0v) is 16.7. The van der Waals surface area contributed by atoms with Crippen molar-refractivity contribution in [1.82, 2.24) is 34.4 Å². The molecule has 0 saturated heterocycles. The van der Waals surface area contributed by atoms with Crippen molar-refractivity contribution in [3.63, 3.8) is 0 Å². The van der Waals surface area contributed by atoms with Gasteiger partial charge in [0.1, 0.15) is 12.2 Å². The molecule has 4 rings (SSSR count). The molecule has 0 aliphatic rings. The molecule has 4 heterocycles. The van der Waals surface area contributed by atoms with Crippen LogP contribution in [0.25, 0.3) is 28.3 Å². The van der Waals surface area contributed by atoms with Crippen molar-refractivity contribution in [3.8, 4) is 22.6 Å². The van der Waals surface area contributed by atoms with Crippen molar-refractivity contribution < 1.29 is 0 Å². The number of rotatable bonds is 6. The van der Waals surface area contributed by atoms with Crippen molar-refractivity contribution in [3.05, 3.63) is 54.4 Å². The number of aryl methyl sites for hydroxylation is 1. The Balaban J connectivity index is 1.82. The molecule has 7 heteroatoms. The quantitative estimate of drug-likeness (QED) is 0.556. The molecule has 4 aromatic heterocycles. The first kappa shape index (κ1) is 18.3. The van der Waals surface area contributed by atoms with Crippen LogP contribution in [-0.2, 0) is 6.54 Å². The molecule has 4 aromatic rings. The first-order valence-corrected chi connectivity index (χ1v) is 9.62. The second-order valence-electron chi connectivity index (χ2n) is 7.21. The third-order valence-electron chi connectivity index (χ3n) is 4.93. The zero-order valence-electron chi connectivity index (χ0n) is 16.7. The molecule has 1 N–H and O–H groups in total. The lowest BCUT2D eigenvalue weighted by Crippen LogP contribution is -2.30. The Bertz CT molecular complexity index is 1090. The van der Waals surface area contributed by atoms with Crippen molar-refractivity contribution in [1.29, 1.82) is 0 Å². The fourth-order valence-electron chi connectivity index (χ4n) is 3.38. The van der Waals surface area contributed by atoms with E-state index in [2.05, 4.69) is 40.7 Å². The minimum Gasteiger partial charge on any atom is -0.339 e. The Labute approximate surface area is 164 Å². The van der Waals surface area contributed by atoms with Crippen LogP contribution in [0.5, 0.6) is 0 Å². The van der Waals surface area contributed by atoms with Gasteiger partial charge in [-0.15, -0.1) is 0 Å². The molecule has 28 heavy (non-hydrogen) atoms. The molecular weight excluding hydrogens is 350 g/mol. The van der Waals surface area contributed by atoms with Gasteiger partial charge in [0.05, 0.1) is 23.6 Å². The first-order chi connectivity index (χ1) is 13.5. The maximum absolute atomic E-state index is 4.95. The Kier molecular flexibility index (Phi) is 4.92. The Hall–Kier alpha value is -3.06. The Morgan fingerprint density at radius 3 is 2.75 bits per heavy atom. The van der Waals surface area contributed by atoms with Gasteiger partial charge in [0, 0.05) is 23.5 Å². The topological polar surface area (TPSA) is 75.0 Å². The van der Waals surface area contributed by atoms with E-state index in [9.17, 15) is 0 Å². The highest BCUT2D eigenvalue weighted by molar-refractivity contribution is 5.77. The fourth-order valence-corrected chi connectivity index (χ4v) is 3.38. The molecule has 0 unspecified atom stereocenters. The summed E-state index contributed by atoms with van der Waals surface area (Å²) < 4.78 is 1.77. The molecule has 0 aliphatic heterocycles. The number of aromatic amines is 1. The third-order valence-corrected chi connectivity index (χ3v) is 4.93. The van der Waals surface area contributed by atoms with Gasteiger partial charge in [0.2, 0.25) is 0 Å². The molecule has 0 amide bonds. The summed E-state index contributed by atoms with van der Waals surface area (Å²) in [5.41, 5.74) is 5.46. The summed E-state index contributed by atoms with van der Waals surface area (Å²) in [4.78, 5) is 19.8. The number of fused-ring (bicyclic) bond motifs is 1. The molecule has 144 valence electrons. The average molecular weight is 375 g/mol. The highest BCUT2D eigenvalue weighted by Gasteiger charge is 2.18. The minimum absolute atomic E-state index is 0.450. The summed E-state index contributed by atoms with van der Waals surface area (Å²) in [7, 11) is 0. The second kappa shape index (κ2) is 7.52. The number of pyridine rings is 2. The normalized spacial score (nSPS) is 11.8. The summed E-state index contributed by atoms with van der Waals surface area (Å²) in [6.07, 6.45) is 3.52. The van der Waals surface area contributed by atoms with E-state index in [1.165, 1.54) is 0 Å². The number of nitrogens with zero attached hydrogens (tertiary/aromatic N) is 6. The minimum atomic E-state index is 0.450. The van der Waals surface area contributed by atoms with Crippen LogP contribution in [0.15, 0.2) is 42.9 Å². The molecule has 0 atom stereocenters. The number of imidazole rings is 1. The standard InChI is InChI=1S/C21H25N7/c1-5-27(14(2)3)12-18-25-20(16-9-10-19-22-13-23-28(19)11-16)21(26-18)17-8-6-7-15(4)24-17/h6-11,13-14H,5,12H2,1-4H3,(H,25,26). The van der Waals surface area contributed by atoms with Gasteiger partial charge < -0.3 is 4.98 Å². The Morgan fingerprint density at radius 1 is 1.14 bits per heavy atom. The van der Waals surface area contributed by atoms with Crippen LogP contribution in [0.2, 0.25) is 0 Å². The molecule has 0 aliphatic carbocycles. The molecule has 0 saturated carbocycles. The van der Waals surface area contributed by atoms with E-state index in [1.54, 1.807) is 10.8 Å². The Morgan fingerprint density at radius 2 is 2.00 bits per heavy atom. The van der Waals surface area contributed by atoms with Gasteiger partial charge in [-0.25, -0.2) is 14.5 Å². The molecule has 0 bridgehead atoms. The van der Waals surface area contributed by atoms with Crippen molar-refractivity contribution in [2.45, 2.75) is 40.3 Å². The van der Waals surface area contributed by atoms with E-state index in [1.807, 2.05) is 43.5 Å². The van der Waals surface area contributed by atoms with Gasteiger partial charge in [0.15, 0.2) is 5.65 Å². The largest absolute Gasteiger partial charge is 0.339 e. The number of hydrogen-bond acceptors (Lipinski definition) is 5. The second-order valence-corrected chi connectivity index (χ2v) is 7.21. The van der Waals surface area contributed by atoms with Gasteiger partial charge in [0.25, 0.3) is 0 Å². The SMILES string of the molecule is CCN(Cc1nc(-c2ccc3ncnn3c2)c(-c2cccc(C)n2)[nH]1)C(C)C. The fraction of sp³-hybridized carbons (Fsp3) is 0.333. The van der Waals surface area contributed by atoms with Gasteiger partial charge in [-0.1, -0.05) is 13.0 Å². The predicted octanol–water partition coefficient (Wildman–Crippen LogP) is 3.72. The highest BCUT2D eigenvalue weighted by Crippen LogP contribution is 2.29. The summed E-state index contributed by atoms with van der Waals surface area (Å²) in [6, 6.07) is 10.5. The smallest absolute Gasteiger partial charge is 0.155 e. The van der Waals surface area contributed by atoms with Crippen LogP contribution in [0.1, 0.15) is 32.3 Å². The molecular formula is C21H25N7. The maximum atomic E-state index is 4.95. The lowest BCUT2D eigenvalue weighted by Gasteiger charge is -2.23. The molecule has 0 spiro atoms.